The first-order valence-corrected chi connectivity index (χ1v) is 5.37. The largest absolute Gasteiger partial charge is 0.454 e. The lowest BCUT2D eigenvalue weighted by Gasteiger charge is -2.09. The van der Waals surface area contributed by atoms with Gasteiger partial charge in [0.25, 0.3) is 0 Å². The van der Waals surface area contributed by atoms with Crippen molar-refractivity contribution in [2.45, 2.75) is 20.0 Å². The van der Waals surface area contributed by atoms with E-state index < -0.39 is 12.1 Å². The van der Waals surface area contributed by atoms with E-state index in [-0.39, 0.29) is 5.78 Å². The standard InChI is InChI=1S/C13H13NO3/c1-8(17-9(2)15)13(16)11-7-14-12-6-4-3-5-10(11)12/h3-8,14H,1-2H3/t8-/m0/s1. The molecule has 0 aliphatic heterocycles. The van der Waals surface area contributed by atoms with Gasteiger partial charge in [0.15, 0.2) is 6.10 Å². The van der Waals surface area contributed by atoms with Crippen LogP contribution in [-0.2, 0) is 9.53 Å². The maximum Gasteiger partial charge on any atom is 0.303 e. The highest BCUT2D eigenvalue weighted by atomic mass is 16.5. The summed E-state index contributed by atoms with van der Waals surface area (Å²) in [5.41, 5.74) is 1.44. The third kappa shape index (κ3) is 2.20. The highest BCUT2D eigenvalue weighted by Crippen LogP contribution is 2.19. The highest BCUT2D eigenvalue weighted by molar-refractivity contribution is 6.10. The third-order valence-electron chi connectivity index (χ3n) is 2.57. The molecule has 0 aliphatic rings. The molecule has 0 aliphatic carbocycles. The second-order valence-electron chi connectivity index (χ2n) is 3.86. The molecule has 1 aromatic heterocycles. The number of fused-ring (bicyclic) bond motifs is 1. The number of hydrogen-bond donors (Lipinski definition) is 1. The quantitative estimate of drug-likeness (QED) is 0.651. The van der Waals surface area contributed by atoms with Crippen LogP contribution in [0.3, 0.4) is 0 Å². The van der Waals surface area contributed by atoms with Crippen molar-refractivity contribution < 1.29 is 14.3 Å². The second-order valence-corrected chi connectivity index (χ2v) is 3.86. The predicted octanol–water partition coefficient (Wildman–Crippen LogP) is 2.30. The number of nitrogens with one attached hydrogen (secondary N) is 1. The van der Waals surface area contributed by atoms with Crippen LogP contribution >= 0.6 is 0 Å². The zero-order chi connectivity index (χ0) is 12.4. The second kappa shape index (κ2) is 4.41. The Labute approximate surface area is 98.6 Å². The molecule has 2 aromatic rings. The number of ether oxygens (including phenoxy) is 1. The van der Waals surface area contributed by atoms with Gasteiger partial charge in [0.2, 0.25) is 5.78 Å². The molecule has 17 heavy (non-hydrogen) atoms. The molecule has 2 rings (SSSR count). The zero-order valence-electron chi connectivity index (χ0n) is 9.69. The average molecular weight is 231 g/mol. The van der Waals surface area contributed by atoms with Crippen molar-refractivity contribution in [3.63, 3.8) is 0 Å². The summed E-state index contributed by atoms with van der Waals surface area (Å²) in [4.78, 5) is 25.9. The van der Waals surface area contributed by atoms with Crippen LogP contribution in [0.25, 0.3) is 10.9 Å². The van der Waals surface area contributed by atoms with Crippen molar-refractivity contribution in [3.05, 3.63) is 36.0 Å². The van der Waals surface area contributed by atoms with Crippen molar-refractivity contribution >= 4 is 22.7 Å². The Morgan fingerprint density at radius 3 is 2.71 bits per heavy atom. The van der Waals surface area contributed by atoms with Crippen LogP contribution < -0.4 is 0 Å². The Bertz CT molecular complexity index is 571. The van der Waals surface area contributed by atoms with Gasteiger partial charge in [0.1, 0.15) is 0 Å². The molecule has 1 atom stereocenters. The Morgan fingerprint density at radius 1 is 1.29 bits per heavy atom. The summed E-state index contributed by atoms with van der Waals surface area (Å²) in [6.07, 6.45) is 0.888. The molecular weight excluding hydrogens is 218 g/mol. The number of rotatable bonds is 3. The van der Waals surface area contributed by atoms with E-state index >= 15 is 0 Å². The summed E-state index contributed by atoms with van der Waals surface area (Å²) in [5.74, 6) is -0.650. The minimum atomic E-state index is -0.758. The zero-order valence-corrected chi connectivity index (χ0v) is 9.69. The summed E-state index contributed by atoms with van der Waals surface area (Å²) < 4.78 is 4.88. The number of carbonyl (C=O) groups is 2. The number of Topliss-reactive ketones (excluding diaryl/α,β-unsaturated/α-hetero) is 1. The van der Waals surface area contributed by atoms with Crippen LogP contribution in [-0.4, -0.2) is 22.8 Å². The van der Waals surface area contributed by atoms with Crippen LogP contribution in [0.5, 0.6) is 0 Å². The highest BCUT2D eigenvalue weighted by Gasteiger charge is 2.20. The number of aromatic amines is 1. The molecule has 88 valence electrons. The summed E-state index contributed by atoms with van der Waals surface area (Å²) in [6.45, 7) is 2.87. The molecule has 1 heterocycles. The first-order chi connectivity index (χ1) is 8.09. The molecule has 0 unspecified atom stereocenters. The van der Waals surface area contributed by atoms with Crippen LogP contribution in [0.15, 0.2) is 30.5 Å². The number of aromatic nitrogens is 1. The van der Waals surface area contributed by atoms with Gasteiger partial charge < -0.3 is 9.72 Å². The predicted molar refractivity (Wildman–Crippen MR) is 63.9 cm³/mol. The fourth-order valence-electron chi connectivity index (χ4n) is 1.80. The lowest BCUT2D eigenvalue weighted by atomic mass is 10.1. The summed E-state index contributed by atoms with van der Waals surface area (Å²) in [6, 6.07) is 7.51. The van der Waals surface area contributed by atoms with E-state index in [0.717, 1.165) is 10.9 Å². The van der Waals surface area contributed by atoms with E-state index in [1.54, 1.807) is 13.1 Å². The minimum Gasteiger partial charge on any atom is -0.454 e. The number of benzene rings is 1. The molecular formula is C13H13NO3. The monoisotopic (exact) mass is 231 g/mol. The van der Waals surface area contributed by atoms with Crippen LogP contribution in [0.2, 0.25) is 0 Å². The molecule has 0 saturated carbocycles. The van der Waals surface area contributed by atoms with E-state index in [1.807, 2.05) is 24.3 Å². The van der Waals surface area contributed by atoms with Gasteiger partial charge in [-0.05, 0) is 13.0 Å². The number of carbonyl (C=O) groups excluding carboxylic acids is 2. The van der Waals surface area contributed by atoms with Gasteiger partial charge in [-0.15, -0.1) is 0 Å². The van der Waals surface area contributed by atoms with Gasteiger partial charge in [0.05, 0.1) is 0 Å². The maximum absolute atomic E-state index is 12.1. The summed E-state index contributed by atoms with van der Waals surface area (Å²) >= 11 is 0. The topological polar surface area (TPSA) is 59.2 Å². The van der Waals surface area contributed by atoms with E-state index in [1.165, 1.54) is 6.92 Å². The Hall–Kier alpha value is -2.10. The Kier molecular flexibility index (Phi) is 2.95. The summed E-state index contributed by atoms with van der Waals surface area (Å²) in [7, 11) is 0. The van der Waals surface area contributed by atoms with Crippen molar-refractivity contribution in [2.75, 3.05) is 0 Å². The number of para-hydroxylation sites is 1. The fourth-order valence-corrected chi connectivity index (χ4v) is 1.80. The van der Waals surface area contributed by atoms with Crippen LogP contribution in [0.1, 0.15) is 24.2 Å². The average Bonchev–Trinajstić information content (AvgIpc) is 2.70. The van der Waals surface area contributed by atoms with E-state index in [9.17, 15) is 9.59 Å². The van der Waals surface area contributed by atoms with E-state index in [0.29, 0.717) is 5.56 Å². The lowest BCUT2D eigenvalue weighted by molar-refractivity contribution is -0.143. The normalized spacial score (nSPS) is 12.4. The van der Waals surface area contributed by atoms with E-state index in [4.69, 9.17) is 4.74 Å². The first kappa shape index (κ1) is 11.4. The van der Waals surface area contributed by atoms with Crippen molar-refractivity contribution in [1.82, 2.24) is 4.98 Å². The lowest BCUT2D eigenvalue weighted by Crippen LogP contribution is -2.22. The van der Waals surface area contributed by atoms with Gasteiger partial charge in [-0.25, -0.2) is 0 Å². The smallest absolute Gasteiger partial charge is 0.303 e. The molecule has 0 spiro atoms. The van der Waals surface area contributed by atoms with Gasteiger partial charge in [-0.2, -0.15) is 0 Å². The van der Waals surface area contributed by atoms with Gasteiger partial charge >= 0.3 is 5.97 Å². The Balaban J connectivity index is 2.33. The van der Waals surface area contributed by atoms with Gasteiger partial charge in [-0.3, -0.25) is 9.59 Å². The van der Waals surface area contributed by atoms with Crippen molar-refractivity contribution in [3.8, 4) is 0 Å². The number of esters is 1. The van der Waals surface area contributed by atoms with Crippen molar-refractivity contribution in [2.24, 2.45) is 0 Å². The molecule has 0 fully saturated rings. The molecule has 4 heteroatoms. The SMILES string of the molecule is CC(=O)O[C@@H](C)C(=O)c1c[nH]c2ccccc12. The Morgan fingerprint density at radius 2 is 2.00 bits per heavy atom. The number of H-pyrrole nitrogens is 1. The minimum absolute atomic E-state index is 0.197. The van der Waals surface area contributed by atoms with Crippen molar-refractivity contribution in [1.29, 1.82) is 0 Å². The van der Waals surface area contributed by atoms with Gasteiger partial charge in [0, 0.05) is 29.6 Å². The molecule has 0 bridgehead atoms. The van der Waals surface area contributed by atoms with Crippen LogP contribution in [0.4, 0.5) is 0 Å². The molecule has 0 amide bonds. The molecule has 0 saturated heterocycles. The number of ketones is 1. The van der Waals surface area contributed by atoms with Gasteiger partial charge in [-0.1, -0.05) is 18.2 Å². The first-order valence-electron chi connectivity index (χ1n) is 5.37. The third-order valence-corrected chi connectivity index (χ3v) is 2.57. The molecule has 1 aromatic carbocycles. The van der Waals surface area contributed by atoms with E-state index in [2.05, 4.69) is 4.98 Å². The molecule has 1 N–H and O–H groups in total. The maximum atomic E-state index is 12.1. The molecule has 4 nitrogen and oxygen atoms in total. The van der Waals surface area contributed by atoms with Crippen LogP contribution in [0, 0.1) is 0 Å². The number of hydrogen-bond acceptors (Lipinski definition) is 3. The molecule has 0 radical (unpaired) electrons. The fraction of sp³-hybridized carbons (Fsp3) is 0.231. The summed E-state index contributed by atoms with van der Waals surface area (Å²) in [5, 5.41) is 0.844.